The van der Waals surface area contributed by atoms with Gasteiger partial charge < -0.3 is 10.5 Å². The molecule has 5 nitrogen and oxygen atoms in total. The largest absolute Gasteiger partial charge is 0.468 e. The Bertz CT molecular complexity index is 611. The van der Waals surface area contributed by atoms with Gasteiger partial charge in [-0.1, -0.05) is 37.3 Å². The fourth-order valence-corrected chi connectivity index (χ4v) is 3.72. The molecule has 0 aliphatic carbocycles. The molecule has 0 aliphatic rings. The predicted molar refractivity (Wildman–Crippen MR) is 81.0 cm³/mol. The molecule has 1 aromatic rings. The number of hydrogen-bond donors (Lipinski definition) is 1. The molecular weight excluding hydrogens is 298 g/mol. The predicted octanol–water partition coefficient (Wildman–Crippen LogP) is 1.19. The number of carbonyl (C=O) groups is 1. The number of hydrogen-bond acceptors (Lipinski definition) is 5. The van der Waals surface area contributed by atoms with Gasteiger partial charge in [-0.05, 0) is 18.1 Å². The molecule has 110 valence electrons. The van der Waals surface area contributed by atoms with Crippen molar-refractivity contribution >= 4 is 33.0 Å². The molecule has 0 aliphatic heterocycles. The zero-order valence-corrected chi connectivity index (χ0v) is 13.0. The van der Waals surface area contributed by atoms with Crippen LogP contribution in [0.2, 0.25) is 0 Å². The third-order valence-electron chi connectivity index (χ3n) is 2.85. The van der Waals surface area contributed by atoms with E-state index >= 15 is 0 Å². The van der Waals surface area contributed by atoms with Crippen molar-refractivity contribution in [1.82, 2.24) is 0 Å². The van der Waals surface area contributed by atoms with Gasteiger partial charge in [-0.3, -0.25) is 4.79 Å². The minimum absolute atomic E-state index is 0.171. The van der Waals surface area contributed by atoms with Crippen molar-refractivity contribution in [3.8, 4) is 0 Å². The summed E-state index contributed by atoms with van der Waals surface area (Å²) in [5.74, 6) is -0.991. The summed E-state index contributed by atoms with van der Waals surface area (Å²) in [6.45, 7) is 1.63. The fraction of sp³-hybridized carbons (Fsp3) is 0.385. The van der Waals surface area contributed by atoms with Crippen LogP contribution in [0.1, 0.15) is 24.5 Å². The smallest absolute Gasteiger partial charge is 0.324 e. The van der Waals surface area contributed by atoms with E-state index in [0.29, 0.717) is 11.1 Å². The van der Waals surface area contributed by atoms with Gasteiger partial charge in [-0.2, -0.15) is 0 Å². The van der Waals surface area contributed by atoms with E-state index < -0.39 is 21.1 Å². The lowest BCUT2D eigenvalue weighted by Crippen LogP contribution is -2.31. The molecule has 1 unspecified atom stereocenters. The molecule has 0 fully saturated rings. The van der Waals surface area contributed by atoms with E-state index in [-0.39, 0.29) is 17.2 Å². The molecule has 0 saturated carbocycles. The normalized spacial score (nSPS) is 12.7. The molecule has 0 amide bonds. The van der Waals surface area contributed by atoms with Crippen LogP contribution in [0, 0.1) is 0 Å². The highest BCUT2D eigenvalue weighted by Gasteiger charge is 2.31. The van der Waals surface area contributed by atoms with Gasteiger partial charge in [-0.15, -0.1) is 0 Å². The summed E-state index contributed by atoms with van der Waals surface area (Å²) in [6, 6.07) is 6.65. The van der Waals surface area contributed by atoms with E-state index in [2.05, 4.69) is 4.74 Å². The number of rotatable bonds is 6. The lowest BCUT2D eigenvalue weighted by atomic mass is 10.1. The Morgan fingerprint density at radius 1 is 1.45 bits per heavy atom. The van der Waals surface area contributed by atoms with E-state index in [9.17, 15) is 13.2 Å². The van der Waals surface area contributed by atoms with Crippen molar-refractivity contribution in [2.75, 3.05) is 7.11 Å². The highest BCUT2D eigenvalue weighted by Crippen LogP contribution is 2.16. The average molecular weight is 315 g/mol. The Morgan fingerprint density at radius 2 is 2.10 bits per heavy atom. The zero-order chi connectivity index (χ0) is 15.3. The van der Waals surface area contributed by atoms with Gasteiger partial charge in [0.25, 0.3) is 0 Å². The first-order chi connectivity index (χ1) is 9.31. The highest BCUT2D eigenvalue weighted by molar-refractivity contribution is 7.92. The average Bonchev–Trinajstić information content (AvgIpc) is 2.38. The summed E-state index contributed by atoms with van der Waals surface area (Å²) >= 11 is 4.85. The van der Waals surface area contributed by atoms with Crippen LogP contribution in [0.3, 0.4) is 0 Å². The summed E-state index contributed by atoms with van der Waals surface area (Å²) < 4.78 is 29.0. The second-order valence-electron chi connectivity index (χ2n) is 4.29. The molecule has 0 aromatic heterocycles. The second-order valence-corrected chi connectivity index (χ2v) is 6.92. The molecule has 0 bridgehead atoms. The number of methoxy groups -OCH3 is 1. The number of ether oxygens (including phenoxy) is 1. The van der Waals surface area contributed by atoms with Crippen molar-refractivity contribution < 1.29 is 17.9 Å². The van der Waals surface area contributed by atoms with Crippen molar-refractivity contribution in [1.29, 1.82) is 0 Å². The molecule has 1 atom stereocenters. The zero-order valence-electron chi connectivity index (χ0n) is 11.3. The lowest BCUT2D eigenvalue weighted by Gasteiger charge is -2.14. The van der Waals surface area contributed by atoms with Crippen molar-refractivity contribution in [3.63, 3.8) is 0 Å². The number of sulfone groups is 1. The Labute approximate surface area is 124 Å². The number of thiocarbonyl (C=S) groups is 1. The van der Waals surface area contributed by atoms with Crippen LogP contribution in [-0.2, 0) is 25.1 Å². The van der Waals surface area contributed by atoms with Gasteiger partial charge in [0.15, 0.2) is 15.1 Å². The van der Waals surface area contributed by atoms with Gasteiger partial charge in [-0.25, -0.2) is 8.42 Å². The number of nitrogens with two attached hydrogens (primary N) is 1. The minimum atomic E-state index is -3.64. The van der Waals surface area contributed by atoms with Gasteiger partial charge in [0.05, 0.1) is 12.9 Å². The number of esters is 1. The maximum atomic E-state index is 12.2. The van der Waals surface area contributed by atoms with Crippen LogP contribution in [0.25, 0.3) is 0 Å². The molecule has 1 aromatic carbocycles. The van der Waals surface area contributed by atoms with E-state index in [0.717, 1.165) is 0 Å². The Morgan fingerprint density at radius 3 is 2.60 bits per heavy atom. The van der Waals surface area contributed by atoms with Gasteiger partial charge in [0.2, 0.25) is 0 Å². The van der Waals surface area contributed by atoms with Gasteiger partial charge >= 0.3 is 5.97 Å². The third-order valence-corrected chi connectivity index (χ3v) is 5.21. The Kier molecular flexibility index (Phi) is 5.64. The van der Waals surface area contributed by atoms with E-state index in [1.54, 1.807) is 31.2 Å². The summed E-state index contributed by atoms with van der Waals surface area (Å²) in [5, 5.41) is -1.15. The molecule has 0 radical (unpaired) electrons. The molecule has 2 N–H and O–H groups in total. The van der Waals surface area contributed by atoms with Crippen LogP contribution in [0.5, 0.6) is 0 Å². The van der Waals surface area contributed by atoms with E-state index in [4.69, 9.17) is 18.0 Å². The van der Waals surface area contributed by atoms with Crippen molar-refractivity contribution in [3.05, 3.63) is 35.4 Å². The monoisotopic (exact) mass is 315 g/mol. The van der Waals surface area contributed by atoms with Gasteiger partial charge in [0.1, 0.15) is 4.99 Å². The van der Waals surface area contributed by atoms with Crippen LogP contribution in [-0.4, -0.2) is 31.7 Å². The molecule has 7 heteroatoms. The molecule has 0 heterocycles. The second kappa shape index (κ2) is 6.81. The Balaban J connectivity index is 3.04. The van der Waals surface area contributed by atoms with Gasteiger partial charge in [0, 0.05) is 5.56 Å². The molecule has 0 spiro atoms. The van der Waals surface area contributed by atoms with E-state index in [1.807, 2.05) is 0 Å². The number of carbonyl (C=O) groups excluding carboxylic acids is 1. The van der Waals surface area contributed by atoms with E-state index in [1.165, 1.54) is 7.11 Å². The SMILES string of the molecule is CCC(C(=O)OC)S(=O)(=O)Cc1cccc(C(N)=S)c1. The summed E-state index contributed by atoms with van der Waals surface area (Å²) in [7, 11) is -2.46. The first-order valence-corrected chi connectivity index (χ1v) is 8.12. The first-order valence-electron chi connectivity index (χ1n) is 6.00. The lowest BCUT2D eigenvalue weighted by molar-refractivity contribution is -0.140. The molecule has 1 rings (SSSR count). The topological polar surface area (TPSA) is 86.5 Å². The van der Waals surface area contributed by atoms with Crippen LogP contribution >= 0.6 is 12.2 Å². The minimum Gasteiger partial charge on any atom is -0.468 e. The summed E-state index contributed by atoms with van der Waals surface area (Å²) in [5.41, 5.74) is 6.65. The standard InChI is InChI=1S/C13H17NO4S2/c1-3-11(13(15)18-2)20(16,17)8-9-5-4-6-10(7-9)12(14)19/h4-7,11H,3,8H2,1-2H3,(H2,14,19). The molecule has 0 saturated heterocycles. The Hall–Kier alpha value is -1.47. The molecular formula is C13H17NO4S2. The van der Waals surface area contributed by atoms with Crippen molar-refractivity contribution in [2.24, 2.45) is 5.73 Å². The van der Waals surface area contributed by atoms with Crippen molar-refractivity contribution in [2.45, 2.75) is 24.3 Å². The quantitative estimate of drug-likeness (QED) is 0.627. The van der Waals surface area contributed by atoms with Crippen LogP contribution in [0.4, 0.5) is 0 Å². The first kappa shape index (κ1) is 16.6. The maximum absolute atomic E-state index is 12.2. The summed E-state index contributed by atoms with van der Waals surface area (Å²) in [4.78, 5) is 11.7. The summed E-state index contributed by atoms with van der Waals surface area (Å²) in [6.07, 6.45) is 0.171. The maximum Gasteiger partial charge on any atom is 0.324 e. The van der Waals surface area contributed by atoms with Crippen LogP contribution < -0.4 is 5.73 Å². The third kappa shape index (κ3) is 4.01. The number of benzene rings is 1. The highest BCUT2D eigenvalue weighted by atomic mass is 32.2. The molecule has 20 heavy (non-hydrogen) atoms. The van der Waals surface area contributed by atoms with Crippen LogP contribution in [0.15, 0.2) is 24.3 Å². The fourth-order valence-electron chi connectivity index (χ4n) is 1.85.